The number of para-hydroxylation sites is 1. The summed E-state index contributed by atoms with van der Waals surface area (Å²) in [5, 5.41) is 29.1. The molecule has 31 heavy (non-hydrogen) atoms. The number of nitrogens with zero attached hydrogens (tertiary/aromatic N) is 5. The Labute approximate surface area is 188 Å². The van der Waals surface area contributed by atoms with E-state index in [-0.39, 0.29) is 23.8 Å². The van der Waals surface area contributed by atoms with Crippen molar-refractivity contribution in [2.45, 2.75) is 0 Å². The summed E-state index contributed by atoms with van der Waals surface area (Å²) in [4.78, 5) is 2.05. The Balaban J connectivity index is 1.71. The van der Waals surface area contributed by atoms with Crippen molar-refractivity contribution in [3.05, 3.63) is 70.7 Å². The molecular formula is C22H20BrN5O3. The van der Waals surface area contributed by atoms with Gasteiger partial charge >= 0.3 is 0 Å². The molecule has 0 atom stereocenters. The number of aromatic nitrogens is 3. The third kappa shape index (κ3) is 4.71. The highest BCUT2D eigenvalue weighted by Crippen LogP contribution is 2.27. The number of benzene rings is 2. The van der Waals surface area contributed by atoms with Crippen LogP contribution in [-0.4, -0.2) is 52.8 Å². The molecule has 158 valence electrons. The number of hydrogen-bond acceptors (Lipinski definition) is 7. The Morgan fingerprint density at radius 3 is 2.61 bits per heavy atom. The average Bonchev–Trinajstić information content (AvgIpc) is 3.24. The van der Waals surface area contributed by atoms with Gasteiger partial charge in [0.1, 0.15) is 24.0 Å². The van der Waals surface area contributed by atoms with Gasteiger partial charge in [-0.1, -0.05) is 40.2 Å². The van der Waals surface area contributed by atoms with E-state index in [2.05, 4.69) is 37.1 Å². The lowest BCUT2D eigenvalue weighted by Gasteiger charge is -2.28. The third-order valence-corrected chi connectivity index (χ3v) is 5.24. The zero-order valence-electron chi connectivity index (χ0n) is 16.6. The summed E-state index contributed by atoms with van der Waals surface area (Å²) in [6.07, 6.45) is 0. The second kappa shape index (κ2) is 9.64. The normalized spacial score (nSPS) is 14.6. The first kappa shape index (κ1) is 20.9. The van der Waals surface area contributed by atoms with E-state index in [1.54, 1.807) is 16.7 Å². The molecule has 0 radical (unpaired) electrons. The lowest BCUT2D eigenvalue weighted by atomic mass is 10.2. The summed E-state index contributed by atoms with van der Waals surface area (Å²) in [7, 11) is 0. The maximum absolute atomic E-state index is 10.7. The number of hydrogen-bond donors (Lipinski definition) is 1. The number of nitriles is 1. The molecule has 2 aromatic carbocycles. The van der Waals surface area contributed by atoms with Gasteiger partial charge in [-0.15, -0.1) is 10.2 Å². The van der Waals surface area contributed by atoms with Gasteiger partial charge in [0, 0.05) is 17.6 Å². The molecule has 1 aromatic heterocycles. The molecule has 4 rings (SSSR count). The number of rotatable bonds is 6. The van der Waals surface area contributed by atoms with Gasteiger partial charge in [-0.25, -0.2) is 0 Å². The number of halogens is 1. The van der Waals surface area contributed by atoms with Gasteiger partial charge in [-0.2, -0.15) is 5.26 Å². The second-order valence-electron chi connectivity index (χ2n) is 6.77. The number of allylic oxidation sites excluding steroid dienone is 1. The Bertz CT molecular complexity index is 1120. The highest BCUT2D eigenvalue weighted by atomic mass is 79.9. The number of anilines is 1. The predicted molar refractivity (Wildman–Crippen MR) is 119 cm³/mol. The standard InChI is InChI=1S/C22H20BrN5O3/c23-16-5-4-8-18(13-16)31-15-20(29)19(14-24)21-25-26-22(27-9-11-30-12-10-27)28(21)17-6-2-1-3-7-17/h1-8,13,29H,9-12,15H2/b20-19-. The van der Waals surface area contributed by atoms with Crippen LogP contribution < -0.4 is 9.64 Å². The maximum atomic E-state index is 10.7. The fourth-order valence-corrected chi connectivity index (χ4v) is 3.62. The van der Waals surface area contributed by atoms with E-state index in [1.165, 1.54) is 0 Å². The van der Waals surface area contributed by atoms with E-state index >= 15 is 0 Å². The molecule has 1 N–H and O–H groups in total. The lowest BCUT2D eigenvalue weighted by molar-refractivity contribution is 0.122. The Morgan fingerprint density at radius 2 is 1.90 bits per heavy atom. The minimum Gasteiger partial charge on any atom is -0.507 e. The van der Waals surface area contributed by atoms with Gasteiger partial charge in [-0.05, 0) is 30.3 Å². The minimum absolute atomic E-state index is 0.00543. The highest BCUT2D eigenvalue weighted by Gasteiger charge is 2.25. The van der Waals surface area contributed by atoms with Crippen molar-refractivity contribution in [2.24, 2.45) is 0 Å². The van der Waals surface area contributed by atoms with E-state index in [0.29, 0.717) is 38.0 Å². The van der Waals surface area contributed by atoms with Crippen LogP contribution in [-0.2, 0) is 4.74 Å². The fraction of sp³-hybridized carbons (Fsp3) is 0.227. The molecule has 1 aliphatic rings. The van der Waals surface area contributed by atoms with Gasteiger partial charge in [0.2, 0.25) is 5.95 Å². The predicted octanol–water partition coefficient (Wildman–Crippen LogP) is 3.74. The van der Waals surface area contributed by atoms with E-state index in [4.69, 9.17) is 9.47 Å². The van der Waals surface area contributed by atoms with Gasteiger partial charge in [0.15, 0.2) is 11.6 Å². The Hall–Kier alpha value is -3.35. The number of morpholine rings is 1. The van der Waals surface area contributed by atoms with E-state index in [1.807, 2.05) is 42.5 Å². The number of aliphatic hydroxyl groups excluding tert-OH is 1. The quantitative estimate of drug-likeness (QED) is 0.423. The molecular weight excluding hydrogens is 462 g/mol. The van der Waals surface area contributed by atoms with Gasteiger partial charge in [0.05, 0.1) is 18.9 Å². The molecule has 0 amide bonds. The molecule has 1 saturated heterocycles. The van der Waals surface area contributed by atoms with Crippen molar-refractivity contribution < 1.29 is 14.6 Å². The number of aliphatic hydroxyl groups is 1. The van der Waals surface area contributed by atoms with Crippen LogP contribution in [0, 0.1) is 11.3 Å². The molecule has 1 aliphatic heterocycles. The van der Waals surface area contributed by atoms with Crippen molar-refractivity contribution in [2.75, 3.05) is 37.8 Å². The van der Waals surface area contributed by atoms with Crippen LogP contribution in [0.15, 0.2) is 64.8 Å². The van der Waals surface area contributed by atoms with Gasteiger partial charge in [0.25, 0.3) is 0 Å². The largest absolute Gasteiger partial charge is 0.507 e. The summed E-state index contributed by atoms with van der Waals surface area (Å²) in [6.45, 7) is 2.32. The molecule has 0 saturated carbocycles. The van der Waals surface area contributed by atoms with Crippen LogP contribution >= 0.6 is 15.9 Å². The van der Waals surface area contributed by atoms with Crippen LogP contribution in [0.4, 0.5) is 5.95 Å². The third-order valence-electron chi connectivity index (χ3n) is 4.75. The highest BCUT2D eigenvalue weighted by molar-refractivity contribution is 9.10. The summed E-state index contributed by atoms with van der Waals surface area (Å²) >= 11 is 3.38. The van der Waals surface area contributed by atoms with Crippen molar-refractivity contribution in [3.8, 4) is 17.5 Å². The van der Waals surface area contributed by atoms with Crippen LogP contribution in [0.3, 0.4) is 0 Å². The average molecular weight is 482 g/mol. The van der Waals surface area contributed by atoms with E-state index in [9.17, 15) is 10.4 Å². The molecule has 0 aliphatic carbocycles. The maximum Gasteiger partial charge on any atom is 0.232 e. The molecule has 0 bridgehead atoms. The molecule has 9 heteroatoms. The topological polar surface area (TPSA) is 96.4 Å². The Morgan fingerprint density at radius 1 is 1.13 bits per heavy atom. The molecule has 8 nitrogen and oxygen atoms in total. The molecule has 0 unspecified atom stereocenters. The Kier molecular flexibility index (Phi) is 6.50. The number of ether oxygens (including phenoxy) is 2. The van der Waals surface area contributed by atoms with Crippen molar-refractivity contribution in [1.82, 2.24) is 14.8 Å². The van der Waals surface area contributed by atoms with Crippen molar-refractivity contribution in [3.63, 3.8) is 0 Å². The van der Waals surface area contributed by atoms with Gasteiger partial charge < -0.3 is 19.5 Å². The summed E-state index contributed by atoms with van der Waals surface area (Å²) in [6, 6.07) is 18.8. The zero-order valence-corrected chi connectivity index (χ0v) is 18.2. The molecule has 0 spiro atoms. The van der Waals surface area contributed by atoms with Crippen LogP contribution in [0.5, 0.6) is 5.75 Å². The smallest absolute Gasteiger partial charge is 0.232 e. The van der Waals surface area contributed by atoms with Crippen molar-refractivity contribution in [1.29, 1.82) is 5.26 Å². The van der Waals surface area contributed by atoms with Gasteiger partial charge in [-0.3, -0.25) is 4.57 Å². The first-order valence-electron chi connectivity index (χ1n) is 9.72. The van der Waals surface area contributed by atoms with Crippen molar-refractivity contribution >= 4 is 27.5 Å². The van der Waals surface area contributed by atoms with Crippen LogP contribution in [0.1, 0.15) is 5.82 Å². The molecule has 3 aromatic rings. The SMILES string of the molecule is N#C/C(=C(/O)COc1cccc(Br)c1)c1nnc(N2CCOCC2)n1-c1ccccc1. The first-order chi connectivity index (χ1) is 15.2. The van der Waals surface area contributed by atoms with E-state index < -0.39 is 0 Å². The van der Waals surface area contributed by atoms with Crippen LogP contribution in [0.25, 0.3) is 11.3 Å². The second-order valence-corrected chi connectivity index (χ2v) is 7.69. The van der Waals surface area contributed by atoms with E-state index in [0.717, 1.165) is 10.2 Å². The fourth-order valence-electron chi connectivity index (χ4n) is 3.25. The zero-order chi connectivity index (χ0) is 21.6. The summed E-state index contributed by atoms with van der Waals surface area (Å²) in [5.74, 6) is 1.20. The van der Waals surface area contributed by atoms with Crippen LogP contribution in [0.2, 0.25) is 0 Å². The minimum atomic E-state index is -0.222. The first-order valence-corrected chi connectivity index (χ1v) is 10.5. The monoisotopic (exact) mass is 481 g/mol. The lowest BCUT2D eigenvalue weighted by Crippen LogP contribution is -2.38. The summed E-state index contributed by atoms with van der Waals surface area (Å²) in [5.41, 5.74) is 0.795. The summed E-state index contributed by atoms with van der Waals surface area (Å²) < 4.78 is 13.7. The molecule has 1 fully saturated rings. The molecule has 2 heterocycles.